The van der Waals surface area contributed by atoms with Gasteiger partial charge in [0.05, 0.1) is 22.8 Å². The second-order valence-electron chi connectivity index (χ2n) is 12.5. The maximum Gasteiger partial charge on any atom is 0.0737 e. The van der Waals surface area contributed by atoms with Gasteiger partial charge in [0.2, 0.25) is 0 Å². The molecule has 0 aliphatic carbocycles. The molecule has 4 aromatic carbocycles. The molecule has 7 aromatic rings. The standard InChI is InChI=1S/C44H26Cl4N4.Fe/c45-29-9-1-25(2-10-29)41-33-17-19-35(49-33)42(26-3-11-30(46)12-4-26)37-21-23-39(51-37)44(28-7-15-32(48)16-8-28)40-24-22-38(52-40)43(36-20-18-34(41)50-36)27-5-13-31(47)14-6-27;/h1-24,49,52H;. The Morgan fingerprint density at radius 2 is 0.509 bits per heavy atom. The van der Waals surface area contributed by atoms with E-state index in [1.54, 1.807) is 0 Å². The van der Waals surface area contributed by atoms with Crippen LogP contribution in [0, 0.1) is 0 Å². The summed E-state index contributed by atoms with van der Waals surface area (Å²) in [7, 11) is 0. The van der Waals surface area contributed by atoms with E-state index in [-0.39, 0.29) is 17.1 Å². The number of nitrogens with zero attached hydrogens (tertiary/aromatic N) is 2. The van der Waals surface area contributed by atoms with E-state index in [0.717, 1.165) is 89.4 Å². The van der Waals surface area contributed by atoms with Gasteiger partial charge >= 0.3 is 0 Å². The summed E-state index contributed by atoms with van der Waals surface area (Å²) in [4.78, 5) is 18.1. The van der Waals surface area contributed by atoms with Crippen LogP contribution in [0.15, 0.2) is 121 Å². The fraction of sp³-hybridized carbons (Fsp3) is 0. The van der Waals surface area contributed by atoms with Crippen molar-refractivity contribution in [3.8, 4) is 44.5 Å². The van der Waals surface area contributed by atoms with Crippen LogP contribution in [0.1, 0.15) is 22.8 Å². The van der Waals surface area contributed by atoms with Gasteiger partial charge in [0, 0.05) is 81.5 Å². The Balaban J connectivity index is 0.00000400. The number of fused-ring (bicyclic) bond motifs is 8. The first-order valence-corrected chi connectivity index (χ1v) is 18.1. The number of H-pyrrole nitrogens is 2. The van der Waals surface area contributed by atoms with Crippen molar-refractivity contribution in [1.82, 2.24) is 19.9 Å². The SMILES string of the molecule is Clc1ccc(-c2c3nc(c(-c4ccc(Cl)cc4)c4ccc([nH]4)c(-c4ccc(Cl)cc4)c4nc(c(-c5ccc(Cl)cc5)c5ccc2[nH]5)C=C4)C=C3)cc1.[Fe]. The molecule has 0 fully saturated rings. The van der Waals surface area contributed by atoms with Gasteiger partial charge in [-0.15, -0.1) is 0 Å². The molecule has 9 heteroatoms. The van der Waals surface area contributed by atoms with Crippen LogP contribution < -0.4 is 0 Å². The second-order valence-corrected chi connectivity index (χ2v) is 14.3. The van der Waals surface area contributed by atoms with E-state index >= 15 is 0 Å². The maximum atomic E-state index is 6.37. The average molecular weight is 808 g/mol. The minimum absolute atomic E-state index is 0. The van der Waals surface area contributed by atoms with Crippen molar-refractivity contribution in [2.45, 2.75) is 0 Å². The van der Waals surface area contributed by atoms with Gasteiger partial charge in [-0.05, 0) is 119 Å². The largest absolute Gasteiger partial charge is 0.354 e. The molecule has 3 aromatic heterocycles. The Morgan fingerprint density at radius 1 is 0.302 bits per heavy atom. The summed E-state index contributed by atoms with van der Waals surface area (Å²) in [6, 6.07) is 39.8. The smallest absolute Gasteiger partial charge is 0.0737 e. The molecule has 0 unspecified atom stereocenters. The third kappa shape index (κ3) is 6.77. The van der Waals surface area contributed by atoms with Gasteiger partial charge in [-0.2, -0.15) is 0 Å². The molecule has 0 atom stereocenters. The first-order chi connectivity index (χ1) is 25.4. The maximum absolute atomic E-state index is 6.37. The Hall–Kier alpha value is -4.84. The van der Waals surface area contributed by atoms with E-state index in [1.807, 2.05) is 97.1 Å². The molecule has 0 radical (unpaired) electrons. The molecule has 2 aliphatic rings. The van der Waals surface area contributed by atoms with E-state index < -0.39 is 0 Å². The summed E-state index contributed by atoms with van der Waals surface area (Å²) in [5.74, 6) is 0. The quantitative estimate of drug-likeness (QED) is 0.174. The molecule has 53 heavy (non-hydrogen) atoms. The summed E-state index contributed by atoms with van der Waals surface area (Å²) < 4.78 is 0. The Bertz CT molecular complexity index is 2370. The van der Waals surface area contributed by atoms with Gasteiger partial charge < -0.3 is 9.97 Å². The van der Waals surface area contributed by atoms with Gasteiger partial charge in [0.1, 0.15) is 0 Å². The molecule has 0 amide bonds. The monoisotopic (exact) mass is 806 g/mol. The molecule has 8 bridgehead atoms. The molecule has 4 nitrogen and oxygen atoms in total. The zero-order valence-corrected chi connectivity index (χ0v) is 31.7. The van der Waals surface area contributed by atoms with Crippen molar-refractivity contribution in [1.29, 1.82) is 0 Å². The fourth-order valence-corrected chi connectivity index (χ4v) is 7.39. The number of hydrogen-bond acceptors (Lipinski definition) is 2. The zero-order chi connectivity index (χ0) is 35.3. The molecular formula is C44H26Cl4FeN4. The van der Waals surface area contributed by atoms with Gasteiger partial charge in [-0.25, -0.2) is 9.97 Å². The van der Waals surface area contributed by atoms with Crippen molar-refractivity contribution >= 4 is 92.8 Å². The summed E-state index contributed by atoms with van der Waals surface area (Å²) in [5.41, 5.74) is 14.5. The minimum atomic E-state index is 0. The Morgan fingerprint density at radius 3 is 0.717 bits per heavy atom. The van der Waals surface area contributed by atoms with Crippen molar-refractivity contribution in [3.63, 3.8) is 0 Å². The van der Waals surface area contributed by atoms with Crippen LogP contribution in [0.4, 0.5) is 0 Å². The summed E-state index contributed by atoms with van der Waals surface area (Å²) >= 11 is 25.5. The van der Waals surface area contributed by atoms with Gasteiger partial charge in [-0.1, -0.05) is 94.9 Å². The van der Waals surface area contributed by atoms with Crippen LogP contribution in [-0.2, 0) is 17.1 Å². The van der Waals surface area contributed by atoms with Crippen LogP contribution in [0.2, 0.25) is 20.1 Å². The average Bonchev–Trinajstić information content (AvgIpc) is 3.99. The van der Waals surface area contributed by atoms with Crippen LogP contribution in [0.3, 0.4) is 0 Å². The van der Waals surface area contributed by atoms with E-state index in [2.05, 4.69) is 58.5 Å². The molecule has 0 saturated heterocycles. The van der Waals surface area contributed by atoms with Crippen LogP contribution in [0.25, 0.3) is 90.9 Å². The van der Waals surface area contributed by atoms with Crippen LogP contribution >= 0.6 is 46.4 Å². The molecule has 2 N–H and O–H groups in total. The van der Waals surface area contributed by atoms with E-state index in [0.29, 0.717) is 20.1 Å². The van der Waals surface area contributed by atoms with E-state index in [1.165, 1.54) is 0 Å². The topological polar surface area (TPSA) is 57.4 Å². The summed E-state index contributed by atoms with van der Waals surface area (Å²) in [6.07, 6.45) is 8.27. The predicted molar refractivity (Wildman–Crippen MR) is 221 cm³/mol. The number of nitrogens with one attached hydrogen (secondary N) is 2. The van der Waals surface area contributed by atoms with E-state index in [9.17, 15) is 0 Å². The Kier molecular flexibility index (Phi) is 9.65. The van der Waals surface area contributed by atoms with Gasteiger partial charge in [0.15, 0.2) is 0 Å². The summed E-state index contributed by atoms with van der Waals surface area (Å²) in [6.45, 7) is 0. The molecule has 258 valence electrons. The third-order valence-electron chi connectivity index (χ3n) is 9.29. The van der Waals surface area contributed by atoms with Gasteiger partial charge in [-0.3, -0.25) is 0 Å². The van der Waals surface area contributed by atoms with Crippen molar-refractivity contribution in [3.05, 3.63) is 164 Å². The molecule has 5 heterocycles. The molecule has 2 aliphatic heterocycles. The number of benzene rings is 4. The second kappa shape index (κ2) is 14.5. The van der Waals surface area contributed by atoms with E-state index in [4.69, 9.17) is 56.4 Å². The van der Waals surface area contributed by atoms with Crippen molar-refractivity contribution < 1.29 is 17.1 Å². The molecule has 0 spiro atoms. The first-order valence-electron chi connectivity index (χ1n) is 16.6. The zero-order valence-electron chi connectivity index (χ0n) is 27.6. The van der Waals surface area contributed by atoms with Crippen LogP contribution in [0.5, 0.6) is 0 Å². The Labute approximate surface area is 336 Å². The molecule has 0 saturated carbocycles. The number of aromatic amines is 2. The number of hydrogen-bond donors (Lipinski definition) is 2. The fourth-order valence-electron chi connectivity index (χ4n) is 6.89. The summed E-state index contributed by atoms with van der Waals surface area (Å²) in [5, 5.41) is 2.64. The normalized spacial score (nSPS) is 11.8. The minimum Gasteiger partial charge on any atom is -0.354 e. The molecular weight excluding hydrogens is 782 g/mol. The first kappa shape index (κ1) is 35.2. The van der Waals surface area contributed by atoms with Crippen molar-refractivity contribution in [2.75, 3.05) is 0 Å². The number of halogens is 4. The van der Waals surface area contributed by atoms with Gasteiger partial charge in [0.25, 0.3) is 0 Å². The number of aromatic nitrogens is 4. The van der Waals surface area contributed by atoms with Crippen molar-refractivity contribution in [2.24, 2.45) is 0 Å². The number of rotatable bonds is 4. The molecule has 9 rings (SSSR count). The predicted octanol–water partition coefficient (Wildman–Crippen LogP) is 13.9. The van der Waals surface area contributed by atoms with Crippen LogP contribution in [-0.4, -0.2) is 19.9 Å². The third-order valence-corrected chi connectivity index (χ3v) is 10.3.